The summed E-state index contributed by atoms with van der Waals surface area (Å²) in [7, 11) is 0. The fourth-order valence-corrected chi connectivity index (χ4v) is 3.30. The van der Waals surface area contributed by atoms with E-state index in [9.17, 15) is 4.79 Å². The Hall–Kier alpha value is -2.41. The molecule has 1 amide bonds. The topological polar surface area (TPSA) is 80.0 Å². The maximum atomic E-state index is 12.2. The van der Waals surface area contributed by atoms with Gasteiger partial charge in [0.15, 0.2) is 0 Å². The second-order valence-corrected chi connectivity index (χ2v) is 6.55. The molecule has 120 valence electrons. The highest BCUT2D eigenvalue weighted by atomic mass is 32.1. The van der Waals surface area contributed by atoms with E-state index in [1.54, 1.807) is 30.6 Å². The van der Waals surface area contributed by atoms with E-state index in [1.165, 1.54) is 11.2 Å². The van der Waals surface area contributed by atoms with Crippen molar-refractivity contribution >= 4 is 33.3 Å². The highest BCUT2D eigenvalue weighted by Gasteiger charge is 2.17. The van der Waals surface area contributed by atoms with E-state index in [4.69, 9.17) is 4.42 Å². The van der Waals surface area contributed by atoms with Crippen molar-refractivity contribution in [3.8, 4) is 0 Å². The summed E-state index contributed by atoms with van der Waals surface area (Å²) in [6.45, 7) is 6.28. The number of amides is 1. The summed E-state index contributed by atoms with van der Waals surface area (Å²) in [5, 5.41) is 7.01. The molecule has 3 rings (SSSR count). The third-order valence-corrected chi connectivity index (χ3v) is 4.84. The first kappa shape index (κ1) is 15.5. The minimum absolute atomic E-state index is 0.113. The molecule has 6 nitrogen and oxygen atoms in total. The molecule has 0 saturated carbocycles. The molecule has 0 saturated heterocycles. The number of aryl methyl sites for hydroxylation is 2. The Balaban J connectivity index is 1.72. The zero-order valence-electron chi connectivity index (χ0n) is 13.2. The number of fused-ring (bicyclic) bond motifs is 1. The Labute approximate surface area is 137 Å². The van der Waals surface area contributed by atoms with E-state index in [2.05, 4.69) is 27.5 Å². The normalized spacial score (nSPS) is 12.3. The molecule has 0 fully saturated rings. The number of hydrogen-bond donors (Lipinski definition) is 2. The van der Waals surface area contributed by atoms with Gasteiger partial charge in [0.1, 0.15) is 28.8 Å². The lowest BCUT2D eigenvalue weighted by atomic mass is 10.2. The van der Waals surface area contributed by atoms with Gasteiger partial charge in [-0.25, -0.2) is 9.97 Å². The van der Waals surface area contributed by atoms with Crippen molar-refractivity contribution < 1.29 is 9.21 Å². The van der Waals surface area contributed by atoms with Gasteiger partial charge in [-0.05, 0) is 38.5 Å². The number of thiophene rings is 1. The van der Waals surface area contributed by atoms with Crippen LogP contribution in [0.3, 0.4) is 0 Å². The summed E-state index contributed by atoms with van der Waals surface area (Å²) in [4.78, 5) is 23.0. The van der Waals surface area contributed by atoms with Gasteiger partial charge in [0, 0.05) is 4.88 Å². The zero-order chi connectivity index (χ0) is 16.4. The number of rotatable bonds is 5. The molecule has 2 N–H and O–H groups in total. The van der Waals surface area contributed by atoms with Crippen molar-refractivity contribution in [2.45, 2.75) is 33.4 Å². The Morgan fingerprint density at radius 1 is 1.39 bits per heavy atom. The van der Waals surface area contributed by atoms with Gasteiger partial charge < -0.3 is 15.1 Å². The smallest absolute Gasteiger partial charge is 0.242 e. The summed E-state index contributed by atoms with van der Waals surface area (Å²) in [5.74, 6) is 1.30. The van der Waals surface area contributed by atoms with E-state index >= 15 is 0 Å². The number of carbonyl (C=O) groups excluding carboxylic acids is 1. The van der Waals surface area contributed by atoms with Crippen LogP contribution in [-0.2, 0) is 11.3 Å². The number of carbonyl (C=O) groups is 1. The quantitative estimate of drug-likeness (QED) is 0.752. The lowest BCUT2D eigenvalue weighted by Crippen LogP contribution is -2.37. The number of aromatic nitrogens is 2. The van der Waals surface area contributed by atoms with Crippen LogP contribution in [0.4, 0.5) is 5.82 Å². The summed E-state index contributed by atoms with van der Waals surface area (Å²) in [5.41, 5.74) is 1.15. The minimum atomic E-state index is -0.414. The van der Waals surface area contributed by atoms with Crippen LogP contribution in [0.2, 0.25) is 0 Å². The van der Waals surface area contributed by atoms with Crippen LogP contribution in [0.1, 0.15) is 23.1 Å². The van der Waals surface area contributed by atoms with E-state index in [1.807, 2.05) is 13.0 Å². The Morgan fingerprint density at radius 2 is 2.22 bits per heavy atom. The molecule has 3 aromatic heterocycles. The van der Waals surface area contributed by atoms with E-state index in [0.29, 0.717) is 12.4 Å². The van der Waals surface area contributed by atoms with Crippen molar-refractivity contribution in [1.82, 2.24) is 15.3 Å². The van der Waals surface area contributed by atoms with Crippen LogP contribution < -0.4 is 10.6 Å². The highest BCUT2D eigenvalue weighted by Crippen LogP contribution is 2.32. The molecule has 0 spiro atoms. The minimum Gasteiger partial charge on any atom is -0.467 e. The van der Waals surface area contributed by atoms with Gasteiger partial charge >= 0.3 is 0 Å². The molecule has 0 aliphatic rings. The molecular weight excluding hydrogens is 312 g/mol. The Bertz CT molecular complexity index is 826. The van der Waals surface area contributed by atoms with Gasteiger partial charge in [-0.3, -0.25) is 4.79 Å². The maximum absolute atomic E-state index is 12.2. The molecule has 0 aliphatic heterocycles. The number of anilines is 1. The summed E-state index contributed by atoms with van der Waals surface area (Å²) in [6.07, 6.45) is 3.11. The molecule has 1 atom stereocenters. The average Bonchev–Trinajstić information content (AvgIpc) is 3.14. The van der Waals surface area contributed by atoms with Crippen molar-refractivity contribution in [2.75, 3.05) is 5.32 Å². The first-order valence-corrected chi connectivity index (χ1v) is 8.15. The predicted molar refractivity (Wildman–Crippen MR) is 90.5 cm³/mol. The lowest BCUT2D eigenvalue weighted by Gasteiger charge is -2.15. The number of hydrogen-bond acceptors (Lipinski definition) is 6. The fourth-order valence-electron chi connectivity index (χ4n) is 2.30. The average molecular weight is 330 g/mol. The van der Waals surface area contributed by atoms with E-state index in [0.717, 1.165) is 21.5 Å². The SMILES string of the molecule is Cc1sc2ncnc(N[C@H](C)C(=O)NCc3ccco3)c2c1C. The number of nitrogens with one attached hydrogen (secondary N) is 2. The van der Waals surface area contributed by atoms with Crippen LogP contribution >= 0.6 is 11.3 Å². The molecule has 0 aromatic carbocycles. The van der Waals surface area contributed by atoms with Crippen LogP contribution in [0.5, 0.6) is 0 Å². The van der Waals surface area contributed by atoms with E-state index in [-0.39, 0.29) is 5.91 Å². The van der Waals surface area contributed by atoms with Crippen LogP contribution in [0.25, 0.3) is 10.2 Å². The Morgan fingerprint density at radius 3 is 2.96 bits per heavy atom. The summed E-state index contributed by atoms with van der Waals surface area (Å²) in [6, 6.07) is 3.20. The molecule has 0 aliphatic carbocycles. The number of nitrogens with zero attached hydrogens (tertiary/aromatic N) is 2. The van der Waals surface area contributed by atoms with Crippen molar-refractivity contribution in [1.29, 1.82) is 0 Å². The third-order valence-electron chi connectivity index (χ3n) is 3.73. The first-order chi connectivity index (χ1) is 11.1. The van der Waals surface area contributed by atoms with Crippen molar-refractivity contribution in [3.63, 3.8) is 0 Å². The fraction of sp³-hybridized carbons (Fsp3) is 0.312. The predicted octanol–water partition coefficient (Wildman–Crippen LogP) is 3.02. The molecule has 0 unspecified atom stereocenters. The van der Waals surface area contributed by atoms with Crippen molar-refractivity contribution in [3.05, 3.63) is 40.9 Å². The zero-order valence-corrected chi connectivity index (χ0v) is 14.0. The van der Waals surface area contributed by atoms with Crippen LogP contribution in [0.15, 0.2) is 29.1 Å². The van der Waals surface area contributed by atoms with Crippen LogP contribution in [0, 0.1) is 13.8 Å². The monoisotopic (exact) mass is 330 g/mol. The van der Waals surface area contributed by atoms with Gasteiger partial charge in [0.2, 0.25) is 5.91 Å². The lowest BCUT2D eigenvalue weighted by molar-refractivity contribution is -0.121. The molecule has 0 bridgehead atoms. The molecule has 3 heterocycles. The maximum Gasteiger partial charge on any atom is 0.242 e. The standard InChI is InChI=1S/C16H18N4O2S/c1-9-11(3)23-16-13(9)14(18-8-19-16)20-10(2)15(21)17-7-12-5-4-6-22-12/h4-6,8,10H,7H2,1-3H3,(H,17,21)(H,18,19,20)/t10-/m1/s1. The van der Waals surface area contributed by atoms with Gasteiger partial charge in [0.25, 0.3) is 0 Å². The van der Waals surface area contributed by atoms with Gasteiger partial charge in [-0.1, -0.05) is 0 Å². The van der Waals surface area contributed by atoms with Crippen molar-refractivity contribution in [2.24, 2.45) is 0 Å². The first-order valence-electron chi connectivity index (χ1n) is 7.33. The summed E-state index contributed by atoms with van der Waals surface area (Å²) >= 11 is 1.63. The second kappa shape index (κ2) is 6.37. The molecule has 7 heteroatoms. The Kier molecular flexibility index (Phi) is 4.29. The van der Waals surface area contributed by atoms with Crippen LogP contribution in [-0.4, -0.2) is 21.9 Å². The highest BCUT2D eigenvalue weighted by molar-refractivity contribution is 7.18. The summed E-state index contributed by atoms with van der Waals surface area (Å²) < 4.78 is 5.20. The molecule has 3 aromatic rings. The second-order valence-electron chi connectivity index (χ2n) is 5.35. The van der Waals surface area contributed by atoms with Gasteiger partial charge in [0.05, 0.1) is 18.2 Å². The van der Waals surface area contributed by atoms with Gasteiger partial charge in [-0.15, -0.1) is 11.3 Å². The molecule has 0 radical (unpaired) electrons. The van der Waals surface area contributed by atoms with Gasteiger partial charge in [-0.2, -0.15) is 0 Å². The molecule has 23 heavy (non-hydrogen) atoms. The third kappa shape index (κ3) is 3.19. The largest absolute Gasteiger partial charge is 0.467 e. The number of furan rings is 1. The molecular formula is C16H18N4O2S. The van der Waals surface area contributed by atoms with E-state index < -0.39 is 6.04 Å².